The molecular formula is C16H26N4O2S. The minimum absolute atomic E-state index is 0.366. The minimum atomic E-state index is -2.74. The number of hydrogen-bond acceptors (Lipinski definition) is 6. The van der Waals surface area contributed by atoms with Gasteiger partial charge >= 0.3 is 0 Å². The molecular weight excluding hydrogens is 312 g/mol. The van der Waals surface area contributed by atoms with E-state index in [-0.39, 0.29) is 0 Å². The molecule has 128 valence electrons. The highest BCUT2D eigenvalue weighted by Crippen LogP contribution is 2.23. The van der Waals surface area contributed by atoms with Crippen LogP contribution in [-0.4, -0.2) is 67.5 Å². The first-order valence-electron chi connectivity index (χ1n) is 8.40. The van der Waals surface area contributed by atoms with Crippen LogP contribution in [0.2, 0.25) is 0 Å². The topological polar surface area (TPSA) is 66.4 Å². The summed E-state index contributed by atoms with van der Waals surface area (Å²) in [6.07, 6.45) is 3.50. The van der Waals surface area contributed by atoms with Crippen molar-refractivity contribution in [3.63, 3.8) is 0 Å². The third kappa shape index (κ3) is 4.01. The van der Waals surface area contributed by atoms with Gasteiger partial charge in [-0.1, -0.05) is 0 Å². The summed E-state index contributed by atoms with van der Waals surface area (Å²) in [5.74, 6) is 2.20. The maximum atomic E-state index is 11.5. The van der Waals surface area contributed by atoms with Gasteiger partial charge in [0.1, 0.15) is 12.1 Å². The van der Waals surface area contributed by atoms with E-state index >= 15 is 0 Å². The average Bonchev–Trinajstić information content (AvgIpc) is 2.88. The molecule has 2 saturated heterocycles. The molecule has 1 unspecified atom stereocenters. The van der Waals surface area contributed by atoms with Crippen LogP contribution >= 0.6 is 0 Å². The van der Waals surface area contributed by atoms with E-state index in [1.165, 1.54) is 0 Å². The average molecular weight is 338 g/mol. The highest BCUT2D eigenvalue weighted by molar-refractivity contribution is 7.91. The van der Waals surface area contributed by atoms with Crippen LogP contribution in [0.1, 0.15) is 24.1 Å². The SMILES string of the molecule is Cc1ncnc(N2CCN(CCC3CCS(=O)(=O)C3)CC2)c1C. The van der Waals surface area contributed by atoms with Crippen LogP contribution in [0, 0.1) is 19.8 Å². The number of rotatable bonds is 4. The van der Waals surface area contributed by atoms with Crippen molar-refractivity contribution in [3.8, 4) is 0 Å². The van der Waals surface area contributed by atoms with Gasteiger partial charge in [-0.3, -0.25) is 4.90 Å². The quantitative estimate of drug-likeness (QED) is 0.817. The van der Waals surface area contributed by atoms with Crippen LogP contribution in [0.3, 0.4) is 0 Å². The summed E-state index contributed by atoms with van der Waals surface area (Å²) in [5, 5.41) is 0. The lowest BCUT2D eigenvalue weighted by Gasteiger charge is -2.36. The van der Waals surface area contributed by atoms with Crippen LogP contribution in [0.5, 0.6) is 0 Å². The van der Waals surface area contributed by atoms with Gasteiger partial charge < -0.3 is 4.90 Å². The lowest BCUT2D eigenvalue weighted by molar-refractivity contribution is 0.241. The number of aryl methyl sites for hydroxylation is 1. The fourth-order valence-corrected chi connectivity index (χ4v) is 5.40. The van der Waals surface area contributed by atoms with Gasteiger partial charge in [-0.2, -0.15) is 0 Å². The number of piperazine rings is 1. The fraction of sp³-hybridized carbons (Fsp3) is 0.750. The summed E-state index contributed by atoms with van der Waals surface area (Å²) in [6.45, 7) is 9.09. The summed E-state index contributed by atoms with van der Waals surface area (Å²) in [4.78, 5) is 13.5. The first-order chi connectivity index (χ1) is 10.9. The van der Waals surface area contributed by atoms with Crippen molar-refractivity contribution in [1.29, 1.82) is 0 Å². The number of sulfone groups is 1. The predicted octanol–water partition coefficient (Wildman–Crippen LogP) is 1.04. The molecule has 1 atom stereocenters. The Kier molecular flexibility index (Phi) is 4.87. The Labute approximate surface area is 138 Å². The van der Waals surface area contributed by atoms with Gasteiger partial charge in [-0.05, 0) is 39.2 Å². The third-order valence-electron chi connectivity index (χ3n) is 5.16. The molecule has 0 spiro atoms. The molecule has 2 aliphatic rings. The number of hydrogen-bond donors (Lipinski definition) is 0. The molecule has 7 heteroatoms. The molecule has 0 aromatic carbocycles. The van der Waals surface area contributed by atoms with Gasteiger partial charge in [0.05, 0.1) is 11.5 Å². The number of nitrogens with zero attached hydrogens (tertiary/aromatic N) is 4. The van der Waals surface area contributed by atoms with Gasteiger partial charge in [0, 0.05) is 37.4 Å². The number of anilines is 1. The molecule has 3 rings (SSSR count). The second-order valence-corrected chi connectivity index (χ2v) is 9.02. The molecule has 1 aromatic heterocycles. The van der Waals surface area contributed by atoms with Crippen molar-refractivity contribution in [2.75, 3.05) is 49.1 Å². The third-order valence-corrected chi connectivity index (χ3v) is 7.00. The molecule has 0 saturated carbocycles. The molecule has 3 heterocycles. The molecule has 2 aliphatic heterocycles. The molecule has 0 N–H and O–H groups in total. The van der Waals surface area contributed by atoms with E-state index in [0.29, 0.717) is 17.4 Å². The Morgan fingerprint density at radius 3 is 2.57 bits per heavy atom. The highest BCUT2D eigenvalue weighted by atomic mass is 32.2. The number of aromatic nitrogens is 2. The van der Waals surface area contributed by atoms with E-state index in [1.807, 2.05) is 6.92 Å². The molecule has 0 amide bonds. The van der Waals surface area contributed by atoms with Crippen molar-refractivity contribution in [1.82, 2.24) is 14.9 Å². The van der Waals surface area contributed by atoms with Crippen molar-refractivity contribution in [2.45, 2.75) is 26.7 Å². The zero-order valence-corrected chi connectivity index (χ0v) is 14.8. The normalized spacial score (nSPS) is 25.0. The van der Waals surface area contributed by atoms with Crippen molar-refractivity contribution >= 4 is 15.7 Å². The molecule has 2 fully saturated rings. The monoisotopic (exact) mass is 338 g/mol. The Morgan fingerprint density at radius 1 is 1.17 bits per heavy atom. The minimum Gasteiger partial charge on any atom is -0.354 e. The maximum absolute atomic E-state index is 11.5. The molecule has 1 aromatic rings. The molecule has 0 aliphatic carbocycles. The Morgan fingerprint density at radius 2 is 1.91 bits per heavy atom. The summed E-state index contributed by atoms with van der Waals surface area (Å²) in [6, 6.07) is 0. The fourth-order valence-electron chi connectivity index (χ4n) is 3.49. The van der Waals surface area contributed by atoms with Crippen molar-refractivity contribution in [2.24, 2.45) is 5.92 Å². The summed E-state index contributed by atoms with van der Waals surface area (Å²) >= 11 is 0. The lowest BCUT2D eigenvalue weighted by Crippen LogP contribution is -2.47. The van der Waals surface area contributed by atoms with Crippen LogP contribution in [-0.2, 0) is 9.84 Å². The van der Waals surface area contributed by atoms with Gasteiger partial charge in [0.2, 0.25) is 0 Å². The van der Waals surface area contributed by atoms with Crippen LogP contribution in [0.4, 0.5) is 5.82 Å². The Hall–Kier alpha value is -1.21. The van der Waals surface area contributed by atoms with E-state index in [0.717, 1.165) is 62.6 Å². The zero-order chi connectivity index (χ0) is 16.4. The van der Waals surface area contributed by atoms with E-state index < -0.39 is 9.84 Å². The van der Waals surface area contributed by atoms with Crippen LogP contribution in [0.15, 0.2) is 6.33 Å². The van der Waals surface area contributed by atoms with E-state index in [4.69, 9.17) is 0 Å². The zero-order valence-electron chi connectivity index (χ0n) is 14.0. The molecule has 0 radical (unpaired) electrons. The highest BCUT2D eigenvalue weighted by Gasteiger charge is 2.28. The van der Waals surface area contributed by atoms with Crippen molar-refractivity contribution < 1.29 is 8.42 Å². The van der Waals surface area contributed by atoms with Gasteiger partial charge in [0.15, 0.2) is 9.84 Å². The Bertz CT molecular complexity index is 654. The van der Waals surface area contributed by atoms with E-state index in [9.17, 15) is 8.42 Å². The first kappa shape index (κ1) is 16.6. The van der Waals surface area contributed by atoms with Crippen LogP contribution in [0.25, 0.3) is 0 Å². The summed E-state index contributed by atoms with van der Waals surface area (Å²) < 4.78 is 23.0. The van der Waals surface area contributed by atoms with Crippen LogP contribution < -0.4 is 4.90 Å². The van der Waals surface area contributed by atoms with E-state index in [1.54, 1.807) is 6.33 Å². The second kappa shape index (κ2) is 6.73. The Balaban J connectivity index is 1.48. The van der Waals surface area contributed by atoms with Gasteiger partial charge in [-0.25, -0.2) is 18.4 Å². The van der Waals surface area contributed by atoms with Gasteiger partial charge in [0.25, 0.3) is 0 Å². The summed E-state index contributed by atoms with van der Waals surface area (Å²) in [7, 11) is -2.74. The predicted molar refractivity (Wildman–Crippen MR) is 91.5 cm³/mol. The van der Waals surface area contributed by atoms with Gasteiger partial charge in [-0.15, -0.1) is 0 Å². The van der Waals surface area contributed by atoms with E-state index in [2.05, 4.69) is 26.7 Å². The lowest BCUT2D eigenvalue weighted by atomic mass is 10.0. The largest absolute Gasteiger partial charge is 0.354 e. The molecule has 6 nitrogen and oxygen atoms in total. The first-order valence-corrected chi connectivity index (χ1v) is 10.2. The molecule has 23 heavy (non-hydrogen) atoms. The standard InChI is InChI=1S/C16H26N4O2S/c1-13-14(2)17-12-18-16(13)20-8-6-19(7-9-20)5-3-15-4-10-23(21,22)11-15/h12,15H,3-11H2,1-2H3. The second-order valence-electron chi connectivity index (χ2n) is 6.79. The van der Waals surface area contributed by atoms with Crippen molar-refractivity contribution in [3.05, 3.63) is 17.6 Å². The molecule has 0 bridgehead atoms. The summed E-state index contributed by atoms with van der Waals surface area (Å²) in [5.41, 5.74) is 2.21. The smallest absolute Gasteiger partial charge is 0.150 e. The maximum Gasteiger partial charge on any atom is 0.150 e.